The van der Waals surface area contributed by atoms with Crippen molar-refractivity contribution in [1.82, 2.24) is 25.1 Å². The Hall–Kier alpha value is -3.24. The summed E-state index contributed by atoms with van der Waals surface area (Å²) in [5.41, 5.74) is -4.33. The van der Waals surface area contributed by atoms with Gasteiger partial charge in [0.1, 0.15) is 5.56 Å². The van der Waals surface area contributed by atoms with Crippen LogP contribution in [0.3, 0.4) is 0 Å². The van der Waals surface area contributed by atoms with Crippen LogP contribution in [-0.4, -0.2) is 82.3 Å². The van der Waals surface area contributed by atoms with E-state index in [1.807, 2.05) is 4.90 Å². The number of aliphatic hydroxyl groups is 1. The van der Waals surface area contributed by atoms with Gasteiger partial charge in [-0.25, -0.2) is 15.1 Å². The lowest BCUT2D eigenvalue weighted by Gasteiger charge is -2.34. The molecule has 3 rings (SSSR count). The van der Waals surface area contributed by atoms with E-state index in [1.54, 1.807) is 10.00 Å². The molecule has 1 saturated heterocycles. The van der Waals surface area contributed by atoms with Gasteiger partial charge in [0, 0.05) is 38.6 Å². The van der Waals surface area contributed by atoms with Crippen LogP contribution in [0.2, 0.25) is 0 Å². The zero-order valence-electron chi connectivity index (χ0n) is 18.7. The number of hydrogen-bond donors (Lipinski definition) is 3. The number of halogens is 6. The first-order chi connectivity index (χ1) is 17.0. The number of ether oxygens (including phenoxy) is 1. The molecule has 3 heterocycles. The Morgan fingerprint density at radius 2 is 1.75 bits per heavy atom. The number of hydrogen-bond acceptors (Lipinski definition) is 9. The standard InChI is InChI=1S/C20H23F6N7O3/c21-19(22,23)13-8-27-18(28-9-13)33-5-3-32(4-6-33)12-36-7-1-2-14(11-34)30-15-10-29-31-17(35)16(15)20(24,25)26/h1-2,8-10,14,34H,3-7,11-12H2,(H2,30,31,35)/b2-1+/t14-/m1/s1. The number of piperazine rings is 1. The number of aromatic amines is 1. The van der Waals surface area contributed by atoms with Crippen LogP contribution >= 0.6 is 0 Å². The Labute approximate surface area is 200 Å². The van der Waals surface area contributed by atoms with Gasteiger partial charge in [0.15, 0.2) is 0 Å². The van der Waals surface area contributed by atoms with Gasteiger partial charge in [0.25, 0.3) is 5.56 Å². The second-order valence-corrected chi connectivity index (χ2v) is 7.72. The average Bonchev–Trinajstić information content (AvgIpc) is 2.82. The summed E-state index contributed by atoms with van der Waals surface area (Å²) < 4.78 is 82.8. The largest absolute Gasteiger partial charge is 0.423 e. The Morgan fingerprint density at radius 3 is 2.33 bits per heavy atom. The monoisotopic (exact) mass is 523 g/mol. The van der Waals surface area contributed by atoms with E-state index in [2.05, 4.69) is 20.4 Å². The third kappa shape index (κ3) is 7.38. The van der Waals surface area contributed by atoms with E-state index in [4.69, 9.17) is 4.74 Å². The van der Waals surface area contributed by atoms with E-state index < -0.39 is 47.4 Å². The van der Waals surface area contributed by atoms with Crippen LogP contribution in [0.1, 0.15) is 11.1 Å². The van der Waals surface area contributed by atoms with Gasteiger partial charge in [-0.2, -0.15) is 31.4 Å². The molecule has 10 nitrogen and oxygen atoms in total. The Morgan fingerprint density at radius 1 is 1.08 bits per heavy atom. The molecule has 0 amide bonds. The highest BCUT2D eigenvalue weighted by Crippen LogP contribution is 2.31. The number of rotatable bonds is 9. The molecule has 1 aliphatic rings. The van der Waals surface area contributed by atoms with E-state index in [1.165, 1.54) is 12.2 Å². The molecule has 1 aliphatic heterocycles. The second kappa shape index (κ2) is 11.7. The van der Waals surface area contributed by atoms with Crippen molar-refractivity contribution in [3.05, 3.63) is 52.2 Å². The molecular formula is C20H23F6N7O3. The van der Waals surface area contributed by atoms with Crippen LogP contribution in [0, 0.1) is 0 Å². The lowest BCUT2D eigenvalue weighted by Crippen LogP contribution is -2.47. The molecule has 16 heteroatoms. The van der Waals surface area contributed by atoms with E-state index >= 15 is 0 Å². The van der Waals surface area contributed by atoms with Crippen molar-refractivity contribution in [3.63, 3.8) is 0 Å². The second-order valence-electron chi connectivity index (χ2n) is 7.72. The lowest BCUT2D eigenvalue weighted by atomic mass is 10.2. The highest BCUT2D eigenvalue weighted by molar-refractivity contribution is 5.50. The predicted octanol–water partition coefficient (Wildman–Crippen LogP) is 1.72. The number of nitrogens with zero attached hydrogens (tertiary/aromatic N) is 5. The molecule has 0 saturated carbocycles. The zero-order chi connectivity index (χ0) is 26.3. The molecule has 198 valence electrons. The summed E-state index contributed by atoms with van der Waals surface area (Å²) in [4.78, 5) is 22.8. The summed E-state index contributed by atoms with van der Waals surface area (Å²) in [5.74, 6) is 0.207. The fourth-order valence-corrected chi connectivity index (χ4v) is 3.32. The minimum Gasteiger partial charge on any atom is -0.394 e. The number of nitrogens with one attached hydrogen (secondary N) is 2. The molecule has 2 aromatic rings. The van der Waals surface area contributed by atoms with Gasteiger partial charge in [0.05, 0.1) is 43.4 Å². The number of aliphatic hydroxyl groups excluding tert-OH is 1. The van der Waals surface area contributed by atoms with E-state index in [-0.39, 0.29) is 19.3 Å². The topological polar surface area (TPSA) is 120 Å². The Kier molecular flexibility index (Phi) is 8.86. The average molecular weight is 523 g/mol. The van der Waals surface area contributed by atoms with Crippen molar-refractivity contribution in [2.45, 2.75) is 18.4 Å². The summed E-state index contributed by atoms with van der Waals surface area (Å²) in [6.07, 6.45) is -4.19. The Bertz CT molecular complexity index is 1070. The number of anilines is 2. The van der Waals surface area contributed by atoms with Crippen molar-refractivity contribution in [1.29, 1.82) is 0 Å². The van der Waals surface area contributed by atoms with E-state index in [0.29, 0.717) is 26.2 Å². The van der Waals surface area contributed by atoms with E-state index in [9.17, 15) is 36.2 Å². The van der Waals surface area contributed by atoms with Crippen LogP contribution in [0.25, 0.3) is 0 Å². The van der Waals surface area contributed by atoms with Gasteiger partial charge in [-0.15, -0.1) is 0 Å². The highest BCUT2D eigenvalue weighted by Gasteiger charge is 2.37. The quantitative estimate of drug-likeness (QED) is 0.257. The molecular weight excluding hydrogens is 500 g/mol. The fourth-order valence-electron chi connectivity index (χ4n) is 3.32. The summed E-state index contributed by atoms with van der Waals surface area (Å²) >= 11 is 0. The first kappa shape index (κ1) is 27.3. The smallest absolute Gasteiger partial charge is 0.394 e. The van der Waals surface area contributed by atoms with Gasteiger partial charge in [-0.3, -0.25) is 9.69 Å². The molecule has 0 unspecified atom stereocenters. The fraction of sp³-hybridized carbons (Fsp3) is 0.500. The predicted molar refractivity (Wildman–Crippen MR) is 115 cm³/mol. The minimum absolute atomic E-state index is 0.0974. The number of aromatic nitrogens is 4. The molecule has 0 bridgehead atoms. The molecule has 2 aromatic heterocycles. The van der Waals surface area contributed by atoms with Crippen LogP contribution < -0.4 is 15.8 Å². The normalized spacial score (nSPS) is 16.5. The van der Waals surface area contributed by atoms with E-state index in [0.717, 1.165) is 18.6 Å². The molecule has 1 atom stereocenters. The molecule has 0 aromatic carbocycles. The van der Waals surface area contributed by atoms with Crippen molar-refractivity contribution >= 4 is 11.6 Å². The van der Waals surface area contributed by atoms with Crippen LogP contribution in [-0.2, 0) is 17.1 Å². The summed E-state index contributed by atoms with van der Waals surface area (Å²) in [5, 5.41) is 17.0. The maximum absolute atomic E-state index is 13.1. The van der Waals surface area contributed by atoms with Crippen molar-refractivity contribution in [2.75, 3.05) is 56.3 Å². The first-order valence-electron chi connectivity index (χ1n) is 10.6. The van der Waals surface area contributed by atoms with Gasteiger partial charge in [-0.1, -0.05) is 12.2 Å². The molecule has 36 heavy (non-hydrogen) atoms. The SMILES string of the molecule is O=c1[nH]ncc(N[C@H](/C=C/COCN2CCN(c3ncc(C(F)(F)F)cn3)CC2)CO)c1C(F)(F)F. The molecule has 1 fully saturated rings. The van der Waals surface area contributed by atoms with Crippen LogP contribution in [0.5, 0.6) is 0 Å². The third-order valence-electron chi connectivity index (χ3n) is 5.15. The molecule has 0 aliphatic carbocycles. The maximum atomic E-state index is 13.1. The van der Waals surface area contributed by atoms with Crippen LogP contribution in [0.4, 0.5) is 38.0 Å². The van der Waals surface area contributed by atoms with Crippen LogP contribution in [0.15, 0.2) is 35.5 Å². The maximum Gasteiger partial charge on any atom is 0.423 e. The minimum atomic E-state index is -4.91. The highest BCUT2D eigenvalue weighted by atomic mass is 19.4. The lowest BCUT2D eigenvalue weighted by molar-refractivity contribution is -0.139. The summed E-state index contributed by atoms with van der Waals surface area (Å²) in [6.45, 7) is 1.84. The van der Waals surface area contributed by atoms with Gasteiger partial charge in [0.2, 0.25) is 5.95 Å². The summed E-state index contributed by atoms with van der Waals surface area (Å²) in [7, 11) is 0. The van der Waals surface area contributed by atoms with Gasteiger partial charge in [-0.05, 0) is 0 Å². The molecule has 0 radical (unpaired) electrons. The van der Waals surface area contributed by atoms with Gasteiger partial charge < -0.3 is 20.1 Å². The first-order valence-corrected chi connectivity index (χ1v) is 10.6. The zero-order valence-corrected chi connectivity index (χ0v) is 18.7. The number of alkyl halides is 6. The summed E-state index contributed by atoms with van der Waals surface area (Å²) in [6, 6.07) is -0.925. The van der Waals surface area contributed by atoms with Crippen molar-refractivity contribution < 1.29 is 36.2 Å². The Balaban J connectivity index is 1.43. The third-order valence-corrected chi connectivity index (χ3v) is 5.15. The number of H-pyrrole nitrogens is 1. The molecule has 3 N–H and O–H groups in total. The van der Waals surface area contributed by atoms with Crippen molar-refractivity contribution in [2.24, 2.45) is 0 Å². The van der Waals surface area contributed by atoms with Gasteiger partial charge >= 0.3 is 12.4 Å². The molecule has 0 spiro atoms. The van der Waals surface area contributed by atoms with Crippen molar-refractivity contribution in [3.8, 4) is 0 Å².